The van der Waals surface area contributed by atoms with Crippen LogP contribution in [0.2, 0.25) is 0 Å². The van der Waals surface area contributed by atoms with Crippen molar-refractivity contribution in [2.45, 2.75) is 20.0 Å². The molecule has 1 fully saturated rings. The van der Waals surface area contributed by atoms with Crippen molar-refractivity contribution in [3.8, 4) is 0 Å². The van der Waals surface area contributed by atoms with Crippen LogP contribution < -0.4 is 5.32 Å². The molecule has 0 aromatic carbocycles. The van der Waals surface area contributed by atoms with E-state index in [2.05, 4.69) is 20.2 Å². The van der Waals surface area contributed by atoms with E-state index in [4.69, 9.17) is 4.74 Å². The van der Waals surface area contributed by atoms with Gasteiger partial charge in [0.15, 0.2) is 0 Å². The van der Waals surface area contributed by atoms with E-state index in [1.807, 2.05) is 55.1 Å². The van der Waals surface area contributed by atoms with Crippen LogP contribution in [0.4, 0.5) is 11.6 Å². The Bertz CT molecular complexity index is 736. The lowest BCUT2D eigenvalue weighted by atomic mass is 10.2. The van der Waals surface area contributed by atoms with Crippen molar-refractivity contribution < 1.29 is 9.53 Å². The van der Waals surface area contributed by atoms with Crippen LogP contribution in [-0.2, 0) is 9.53 Å². The molecule has 3 heterocycles. The molecule has 27 heavy (non-hydrogen) atoms. The first-order chi connectivity index (χ1) is 13.2. The van der Waals surface area contributed by atoms with Gasteiger partial charge in [-0.15, -0.1) is 0 Å². The predicted octanol–water partition coefficient (Wildman–Crippen LogP) is 2.46. The zero-order chi connectivity index (χ0) is 19.1. The van der Waals surface area contributed by atoms with Gasteiger partial charge in [-0.2, -0.15) is 0 Å². The van der Waals surface area contributed by atoms with Gasteiger partial charge >= 0.3 is 0 Å². The third-order valence-electron chi connectivity index (χ3n) is 4.65. The quantitative estimate of drug-likeness (QED) is 0.808. The fraction of sp³-hybridized carbons (Fsp3) is 0.450. The van der Waals surface area contributed by atoms with Crippen LogP contribution in [0.3, 0.4) is 0 Å². The van der Waals surface area contributed by atoms with Crippen molar-refractivity contribution in [2.75, 3.05) is 44.6 Å². The molecule has 7 nitrogen and oxygen atoms in total. The van der Waals surface area contributed by atoms with E-state index < -0.39 is 0 Å². The maximum atomic E-state index is 12.4. The number of ether oxygens (including phenoxy) is 1. The first-order valence-corrected chi connectivity index (χ1v) is 9.46. The second-order valence-electron chi connectivity index (χ2n) is 6.45. The van der Waals surface area contributed by atoms with Gasteiger partial charge in [-0.05, 0) is 38.1 Å². The van der Waals surface area contributed by atoms with Crippen molar-refractivity contribution >= 4 is 17.5 Å². The van der Waals surface area contributed by atoms with Crippen LogP contribution in [0.15, 0.2) is 42.6 Å². The monoisotopic (exact) mass is 369 g/mol. The molecule has 0 radical (unpaired) electrons. The van der Waals surface area contributed by atoms with Gasteiger partial charge in [0.2, 0.25) is 5.91 Å². The summed E-state index contributed by atoms with van der Waals surface area (Å²) in [7, 11) is 0. The highest BCUT2D eigenvalue weighted by Crippen LogP contribution is 2.22. The Balaban J connectivity index is 1.64. The number of anilines is 2. The van der Waals surface area contributed by atoms with Gasteiger partial charge in [0, 0.05) is 32.4 Å². The highest BCUT2D eigenvalue weighted by atomic mass is 16.5. The molecule has 1 saturated heterocycles. The molecule has 2 aromatic heterocycles. The predicted molar refractivity (Wildman–Crippen MR) is 105 cm³/mol. The lowest BCUT2D eigenvalue weighted by Crippen LogP contribution is -2.45. The molecule has 1 amide bonds. The number of pyridine rings is 2. The Morgan fingerprint density at radius 2 is 2.04 bits per heavy atom. The van der Waals surface area contributed by atoms with Gasteiger partial charge in [-0.25, -0.2) is 9.97 Å². The van der Waals surface area contributed by atoms with Gasteiger partial charge in [0.05, 0.1) is 18.8 Å². The number of likely N-dealkylation sites (N-methyl/N-ethyl adjacent to an activating group) is 1. The molecule has 0 spiro atoms. The Hall–Kier alpha value is -2.51. The molecule has 1 aliphatic rings. The van der Waals surface area contributed by atoms with Crippen LogP contribution in [0.1, 0.15) is 25.6 Å². The molecule has 1 atom stereocenters. The molecular formula is C20H27N5O2. The van der Waals surface area contributed by atoms with Gasteiger partial charge in [0.25, 0.3) is 0 Å². The Labute approximate surface area is 160 Å². The smallest absolute Gasteiger partial charge is 0.236 e. The minimum Gasteiger partial charge on any atom is -0.369 e. The Morgan fingerprint density at radius 3 is 2.78 bits per heavy atom. The van der Waals surface area contributed by atoms with Crippen molar-refractivity contribution in [3.63, 3.8) is 0 Å². The largest absolute Gasteiger partial charge is 0.369 e. The average molecular weight is 369 g/mol. The minimum atomic E-state index is -0.145. The second-order valence-corrected chi connectivity index (χ2v) is 6.45. The van der Waals surface area contributed by atoms with Crippen LogP contribution in [0.25, 0.3) is 0 Å². The van der Waals surface area contributed by atoms with E-state index in [9.17, 15) is 4.79 Å². The zero-order valence-corrected chi connectivity index (χ0v) is 16.0. The van der Waals surface area contributed by atoms with E-state index in [0.29, 0.717) is 19.7 Å². The molecular weight excluding hydrogens is 342 g/mol. The average Bonchev–Trinajstić information content (AvgIpc) is 2.70. The summed E-state index contributed by atoms with van der Waals surface area (Å²) in [4.78, 5) is 25.3. The normalized spacial score (nSPS) is 17.5. The summed E-state index contributed by atoms with van der Waals surface area (Å²) in [5.74, 6) is 1.64. The maximum Gasteiger partial charge on any atom is 0.236 e. The number of nitrogens with one attached hydrogen (secondary N) is 1. The number of hydrogen-bond donors (Lipinski definition) is 1. The van der Waals surface area contributed by atoms with E-state index in [-0.39, 0.29) is 12.0 Å². The molecule has 3 rings (SSSR count). The van der Waals surface area contributed by atoms with Crippen molar-refractivity contribution in [1.82, 2.24) is 19.8 Å². The lowest BCUT2D eigenvalue weighted by Gasteiger charge is -2.33. The number of carbonyl (C=O) groups excluding carboxylic acids is 1. The summed E-state index contributed by atoms with van der Waals surface area (Å²) >= 11 is 0. The third-order valence-corrected chi connectivity index (χ3v) is 4.65. The van der Waals surface area contributed by atoms with E-state index >= 15 is 0 Å². The third kappa shape index (κ3) is 5.24. The van der Waals surface area contributed by atoms with Crippen LogP contribution in [-0.4, -0.2) is 65.0 Å². The summed E-state index contributed by atoms with van der Waals surface area (Å²) < 4.78 is 5.92. The molecule has 0 bridgehead atoms. The van der Waals surface area contributed by atoms with E-state index in [0.717, 1.165) is 37.0 Å². The highest BCUT2D eigenvalue weighted by molar-refractivity contribution is 5.78. The topological polar surface area (TPSA) is 70.6 Å². The maximum absolute atomic E-state index is 12.4. The van der Waals surface area contributed by atoms with Crippen molar-refractivity contribution in [1.29, 1.82) is 0 Å². The second kappa shape index (κ2) is 9.43. The van der Waals surface area contributed by atoms with Crippen LogP contribution in [0, 0.1) is 0 Å². The number of morpholine rings is 1. The first kappa shape index (κ1) is 19.3. The van der Waals surface area contributed by atoms with Crippen molar-refractivity contribution in [2.24, 2.45) is 0 Å². The van der Waals surface area contributed by atoms with Crippen LogP contribution >= 0.6 is 0 Å². The number of rotatable bonds is 7. The van der Waals surface area contributed by atoms with Gasteiger partial charge in [-0.3, -0.25) is 9.69 Å². The minimum absolute atomic E-state index is 0.145. The van der Waals surface area contributed by atoms with Gasteiger partial charge in [0.1, 0.15) is 17.7 Å². The number of aromatic nitrogens is 2. The summed E-state index contributed by atoms with van der Waals surface area (Å²) in [6, 6.07) is 11.5. The number of carbonyl (C=O) groups is 1. The molecule has 0 saturated carbocycles. The summed E-state index contributed by atoms with van der Waals surface area (Å²) in [6.07, 6.45) is 1.59. The van der Waals surface area contributed by atoms with Gasteiger partial charge in [-0.1, -0.05) is 12.1 Å². The molecule has 7 heteroatoms. The SMILES string of the molecule is CCN(CC)C(=O)CN1CCOC(c2cccc(Nc3ccccn3)n2)C1. The molecule has 1 N–H and O–H groups in total. The molecule has 1 aliphatic heterocycles. The number of nitrogens with zero attached hydrogens (tertiary/aromatic N) is 4. The standard InChI is InChI=1S/C20H27N5O2/c1-3-25(4-2)20(26)15-24-12-13-27-17(14-24)16-8-7-10-19(22-16)23-18-9-5-6-11-21-18/h5-11,17H,3-4,12-15H2,1-2H3,(H,21,22,23). The van der Waals surface area contributed by atoms with Crippen molar-refractivity contribution in [3.05, 3.63) is 48.3 Å². The molecule has 144 valence electrons. The first-order valence-electron chi connectivity index (χ1n) is 9.46. The molecule has 2 aromatic rings. The molecule has 1 unspecified atom stereocenters. The van der Waals surface area contributed by atoms with E-state index in [1.165, 1.54) is 0 Å². The Morgan fingerprint density at radius 1 is 1.22 bits per heavy atom. The highest BCUT2D eigenvalue weighted by Gasteiger charge is 2.25. The Kier molecular flexibility index (Phi) is 6.73. The summed E-state index contributed by atoms with van der Waals surface area (Å²) in [6.45, 7) is 7.93. The molecule has 0 aliphatic carbocycles. The fourth-order valence-corrected chi connectivity index (χ4v) is 3.16. The lowest BCUT2D eigenvalue weighted by molar-refractivity contribution is -0.134. The summed E-state index contributed by atoms with van der Waals surface area (Å²) in [5, 5.41) is 3.20. The number of amides is 1. The number of hydrogen-bond acceptors (Lipinski definition) is 6. The summed E-state index contributed by atoms with van der Waals surface area (Å²) in [5.41, 5.74) is 0.857. The van der Waals surface area contributed by atoms with Crippen LogP contribution in [0.5, 0.6) is 0 Å². The van der Waals surface area contributed by atoms with E-state index in [1.54, 1.807) is 6.20 Å². The van der Waals surface area contributed by atoms with Gasteiger partial charge < -0.3 is 15.0 Å². The fourth-order valence-electron chi connectivity index (χ4n) is 3.16. The zero-order valence-electron chi connectivity index (χ0n) is 16.0.